The molecule has 0 amide bonds. The molecule has 1 aromatic rings. The summed E-state index contributed by atoms with van der Waals surface area (Å²) in [4.78, 5) is 7.08. The number of piperazine rings is 1. The zero-order chi connectivity index (χ0) is 15.4. The van der Waals surface area contributed by atoms with Gasteiger partial charge in [0.25, 0.3) is 0 Å². The first-order chi connectivity index (χ1) is 9.99. The van der Waals surface area contributed by atoms with Crippen LogP contribution in [0.2, 0.25) is 0 Å². The Morgan fingerprint density at radius 3 is 2.38 bits per heavy atom. The van der Waals surface area contributed by atoms with E-state index in [9.17, 15) is 0 Å². The SMILES string of the molecule is CC1CNCCN1C(CN(C)C)c1ccc(N(C)C)cc1. The summed E-state index contributed by atoms with van der Waals surface area (Å²) in [5, 5.41) is 3.49. The van der Waals surface area contributed by atoms with Crippen molar-refractivity contribution in [3.05, 3.63) is 29.8 Å². The zero-order valence-electron chi connectivity index (χ0n) is 14.1. The predicted molar refractivity (Wildman–Crippen MR) is 91.1 cm³/mol. The van der Waals surface area contributed by atoms with Gasteiger partial charge >= 0.3 is 0 Å². The van der Waals surface area contributed by atoms with E-state index in [2.05, 4.69) is 79.4 Å². The van der Waals surface area contributed by atoms with E-state index in [1.807, 2.05) is 0 Å². The van der Waals surface area contributed by atoms with Gasteiger partial charge in [0.05, 0.1) is 0 Å². The first-order valence-corrected chi connectivity index (χ1v) is 7.87. The standard InChI is InChI=1S/C17H30N4/c1-14-12-18-10-11-21(14)17(13-19(2)3)15-6-8-16(9-7-15)20(4)5/h6-9,14,17-18H,10-13H2,1-5H3. The second kappa shape index (κ2) is 7.25. The van der Waals surface area contributed by atoms with Crippen LogP contribution in [0.1, 0.15) is 18.5 Å². The van der Waals surface area contributed by atoms with Crippen molar-refractivity contribution in [3.8, 4) is 0 Å². The van der Waals surface area contributed by atoms with E-state index < -0.39 is 0 Å². The van der Waals surface area contributed by atoms with Gasteiger partial charge in [-0.3, -0.25) is 4.90 Å². The van der Waals surface area contributed by atoms with E-state index in [1.54, 1.807) is 0 Å². The molecule has 0 radical (unpaired) electrons. The number of likely N-dealkylation sites (N-methyl/N-ethyl adjacent to an activating group) is 1. The van der Waals surface area contributed by atoms with Crippen LogP contribution >= 0.6 is 0 Å². The maximum absolute atomic E-state index is 3.49. The number of anilines is 1. The molecule has 0 spiro atoms. The second-order valence-corrected chi connectivity index (χ2v) is 6.55. The molecule has 0 aliphatic carbocycles. The summed E-state index contributed by atoms with van der Waals surface area (Å²) in [6, 6.07) is 10.1. The Bertz CT molecular complexity index is 427. The lowest BCUT2D eigenvalue weighted by Gasteiger charge is -2.41. The van der Waals surface area contributed by atoms with Gasteiger partial charge in [-0.25, -0.2) is 0 Å². The first kappa shape index (κ1) is 16.3. The summed E-state index contributed by atoms with van der Waals surface area (Å²) in [6.45, 7) is 6.67. The Hall–Kier alpha value is -1.10. The van der Waals surface area contributed by atoms with Crippen molar-refractivity contribution in [3.63, 3.8) is 0 Å². The van der Waals surface area contributed by atoms with Gasteiger partial charge in [-0.15, -0.1) is 0 Å². The molecule has 0 saturated carbocycles. The van der Waals surface area contributed by atoms with E-state index >= 15 is 0 Å². The van der Waals surface area contributed by atoms with Crippen LogP contribution in [0.5, 0.6) is 0 Å². The highest BCUT2D eigenvalue weighted by Crippen LogP contribution is 2.26. The minimum atomic E-state index is 0.466. The van der Waals surface area contributed by atoms with Gasteiger partial charge < -0.3 is 15.1 Å². The quantitative estimate of drug-likeness (QED) is 0.890. The van der Waals surface area contributed by atoms with Crippen molar-refractivity contribution in [1.82, 2.24) is 15.1 Å². The van der Waals surface area contributed by atoms with Crippen LogP contribution in [0.25, 0.3) is 0 Å². The molecule has 21 heavy (non-hydrogen) atoms. The highest BCUT2D eigenvalue weighted by molar-refractivity contribution is 5.46. The van der Waals surface area contributed by atoms with Crippen molar-refractivity contribution < 1.29 is 0 Å². The predicted octanol–water partition coefficient (Wildman–Crippen LogP) is 1.65. The van der Waals surface area contributed by atoms with Gasteiger partial charge in [0.2, 0.25) is 0 Å². The smallest absolute Gasteiger partial charge is 0.0478 e. The Balaban J connectivity index is 2.22. The second-order valence-electron chi connectivity index (χ2n) is 6.55. The monoisotopic (exact) mass is 290 g/mol. The molecule has 118 valence electrons. The van der Waals surface area contributed by atoms with E-state index in [4.69, 9.17) is 0 Å². The Kier molecular flexibility index (Phi) is 5.62. The van der Waals surface area contributed by atoms with Gasteiger partial charge in [0.1, 0.15) is 0 Å². The fraction of sp³-hybridized carbons (Fsp3) is 0.647. The third-order valence-electron chi connectivity index (χ3n) is 4.29. The first-order valence-electron chi connectivity index (χ1n) is 7.87. The third kappa shape index (κ3) is 4.19. The van der Waals surface area contributed by atoms with Crippen LogP contribution in [0, 0.1) is 0 Å². The number of hydrogen-bond donors (Lipinski definition) is 1. The Morgan fingerprint density at radius 1 is 1.19 bits per heavy atom. The summed E-state index contributed by atoms with van der Waals surface area (Å²) in [5.74, 6) is 0. The summed E-state index contributed by atoms with van der Waals surface area (Å²) in [7, 11) is 8.50. The molecule has 1 N–H and O–H groups in total. The minimum Gasteiger partial charge on any atom is -0.378 e. The van der Waals surface area contributed by atoms with Crippen LogP contribution in [-0.2, 0) is 0 Å². The summed E-state index contributed by atoms with van der Waals surface area (Å²) >= 11 is 0. The number of rotatable bonds is 5. The van der Waals surface area contributed by atoms with Gasteiger partial charge in [-0.2, -0.15) is 0 Å². The fourth-order valence-corrected chi connectivity index (χ4v) is 3.06. The number of hydrogen-bond acceptors (Lipinski definition) is 4. The molecule has 1 fully saturated rings. The molecule has 4 nitrogen and oxygen atoms in total. The van der Waals surface area contributed by atoms with Crippen molar-refractivity contribution in [2.24, 2.45) is 0 Å². The highest BCUT2D eigenvalue weighted by Gasteiger charge is 2.27. The van der Waals surface area contributed by atoms with Crippen LogP contribution in [0.15, 0.2) is 24.3 Å². The molecule has 2 unspecified atom stereocenters. The zero-order valence-corrected chi connectivity index (χ0v) is 14.1. The molecule has 2 rings (SSSR count). The third-order valence-corrected chi connectivity index (χ3v) is 4.29. The Labute approximate surface area is 129 Å². The normalized spacial score (nSPS) is 21.5. The molecule has 1 aliphatic rings. The summed E-state index contributed by atoms with van der Waals surface area (Å²) in [5.41, 5.74) is 2.68. The van der Waals surface area contributed by atoms with Crippen molar-refractivity contribution in [2.75, 3.05) is 59.3 Å². The lowest BCUT2D eigenvalue weighted by atomic mass is 10.0. The summed E-state index contributed by atoms with van der Waals surface area (Å²) < 4.78 is 0. The van der Waals surface area contributed by atoms with Gasteiger partial charge in [0.15, 0.2) is 0 Å². The fourth-order valence-electron chi connectivity index (χ4n) is 3.06. The molecule has 1 aliphatic heterocycles. The molecule has 0 bridgehead atoms. The van der Waals surface area contributed by atoms with E-state index in [0.717, 1.165) is 26.2 Å². The molecule has 1 saturated heterocycles. The van der Waals surface area contributed by atoms with Crippen LogP contribution in [0.4, 0.5) is 5.69 Å². The van der Waals surface area contributed by atoms with Crippen molar-refractivity contribution in [2.45, 2.75) is 19.0 Å². The molecule has 4 heteroatoms. The molecule has 0 aromatic heterocycles. The van der Waals surface area contributed by atoms with E-state index in [0.29, 0.717) is 12.1 Å². The van der Waals surface area contributed by atoms with Gasteiger partial charge in [-0.05, 0) is 38.7 Å². The summed E-state index contributed by atoms with van der Waals surface area (Å²) in [6.07, 6.45) is 0. The minimum absolute atomic E-state index is 0.466. The highest BCUT2D eigenvalue weighted by atomic mass is 15.3. The maximum Gasteiger partial charge on any atom is 0.0478 e. The van der Waals surface area contributed by atoms with Crippen LogP contribution in [-0.4, -0.2) is 70.2 Å². The van der Waals surface area contributed by atoms with Crippen LogP contribution in [0.3, 0.4) is 0 Å². The molecular weight excluding hydrogens is 260 g/mol. The van der Waals surface area contributed by atoms with E-state index in [1.165, 1.54) is 11.3 Å². The average molecular weight is 290 g/mol. The van der Waals surface area contributed by atoms with Gasteiger partial charge in [0, 0.05) is 58.0 Å². The van der Waals surface area contributed by atoms with E-state index in [-0.39, 0.29) is 0 Å². The molecule has 1 heterocycles. The van der Waals surface area contributed by atoms with Crippen LogP contribution < -0.4 is 10.2 Å². The largest absolute Gasteiger partial charge is 0.378 e. The van der Waals surface area contributed by atoms with Crippen molar-refractivity contribution in [1.29, 1.82) is 0 Å². The molecule has 1 aromatic carbocycles. The lowest BCUT2D eigenvalue weighted by molar-refractivity contribution is 0.0968. The molecule has 2 atom stereocenters. The number of nitrogens with one attached hydrogen (secondary N) is 1. The Morgan fingerprint density at radius 2 is 1.86 bits per heavy atom. The van der Waals surface area contributed by atoms with Gasteiger partial charge in [-0.1, -0.05) is 12.1 Å². The number of benzene rings is 1. The lowest BCUT2D eigenvalue weighted by Crippen LogP contribution is -2.52. The number of nitrogens with zero attached hydrogens (tertiary/aromatic N) is 3. The molecular formula is C17H30N4. The topological polar surface area (TPSA) is 21.8 Å². The average Bonchev–Trinajstić information content (AvgIpc) is 2.45. The maximum atomic E-state index is 3.49. The van der Waals surface area contributed by atoms with Crippen molar-refractivity contribution >= 4 is 5.69 Å².